The molecule has 1 aromatic rings. The minimum atomic E-state index is 0.177. The Bertz CT molecular complexity index is 379. The molecule has 4 aliphatic rings. The van der Waals surface area contributed by atoms with Crippen LogP contribution < -0.4 is 4.74 Å². The van der Waals surface area contributed by atoms with Gasteiger partial charge in [-0.05, 0) is 68.4 Å². The molecule has 0 amide bonds. The number of hydrogen-bond donors (Lipinski definition) is 0. The van der Waals surface area contributed by atoms with Gasteiger partial charge in [0.2, 0.25) is 0 Å². The first-order valence-electron chi connectivity index (χ1n) is 6.90. The van der Waals surface area contributed by atoms with Gasteiger partial charge in [0.05, 0.1) is 0 Å². The molecule has 4 aliphatic carbocycles. The van der Waals surface area contributed by atoms with Crippen LogP contribution in [0.25, 0.3) is 0 Å². The lowest BCUT2D eigenvalue weighted by Gasteiger charge is -2.56. The Morgan fingerprint density at radius 2 is 1.47 bits per heavy atom. The first-order chi connectivity index (χ1) is 8.31. The maximum absolute atomic E-state index is 6.37. The lowest BCUT2D eigenvalue weighted by molar-refractivity contribution is -0.107. The summed E-state index contributed by atoms with van der Waals surface area (Å²) in [5, 5.41) is 0. The number of rotatable bonds is 2. The zero-order valence-electron chi connectivity index (χ0n) is 10.1. The van der Waals surface area contributed by atoms with Gasteiger partial charge in [0.1, 0.15) is 11.4 Å². The number of aromatic nitrogens is 1. The summed E-state index contributed by atoms with van der Waals surface area (Å²) in [5.74, 6) is 3.86. The van der Waals surface area contributed by atoms with Gasteiger partial charge in [-0.3, -0.25) is 4.98 Å². The molecule has 0 saturated heterocycles. The van der Waals surface area contributed by atoms with E-state index in [0.29, 0.717) is 0 Å². The monoisotopic (exact) mass is 229 g/mol. The fourth-order valence-corrected chi connectivity index (χ4v) is 4.81. The van der Waals surface area contributed by atoms with E-state index in [1.165, 1.54) is 38.5 Å². The van der Waals surface area contributed by atoms with Gasteiger partial charge >= 0.3 is 0 Å². The van der Waals surface area contributed by atoms with Gasteiger partial charge in [0.15, 0.2) is 0 Å². The van der Waals surface area contributed by atoms with Crippen molar-refractivity contribution < 1.29 is 4.74 Å². The second-order valence-electron chi connectivity index (χ2n) is 6.39. The average molecular weight is 229 g/mol. The van der Waals surface area contributed by atoms with Gasteiger partial charge in [-0.25, -0.2) is 0 Å². The summed E-state index contributed by atoms with van der Waals surface area (Å²) in [4.78, 5) is 4.06. The van der Waals surface area contributed by atoms with E-state index >= 15 is 0 Å². The van der Waals surface area contributed by atoms with Crippen LogP contribution in [0.1, 0.15) is 38.5 Å². The normalized spacial score (nSPS) is 42.7. The molecule has 90 valence electrons. The van der Waals surface area contributed by atoms with Crippen LogP contribution in [0, 0.1) is 17.8 Å². The van der Waals surface area contributed by atoms with Crippen LogP contribution >= 0.6 is 0 Å². The Hall–Kier alpha value is -1.05. The molecular weight excluding hydrogens is 210 g/mol. The molecule has 0 radical (unpaired) electrons. The summed E-state index contributed by atoms with van der Waals surface area (Å²) >= 11 is 0. The summed E-state index contributed by atoms with van der Waals surface area (Å²) in [6.45, 7) is 0. The molecule has 0 spiro atoms. The van der Waals surface area contributed by atoms with E-state index in [1.807, 2.05) is 24.5 Å². The molecule has 2 heteroatoms. The summed E-state index contributed by atoms with van der Waals surface area (Å²) in [5.41, 5.74) is 0.177. The highest BCUT2D eigenvalue weighted by molar-refractivity contribution is 5.19. The van der Waals surface area contributed by atoms with Crippen molar-refractivity contribution in [3.05, 3.63) is 24.5 Å². The van der Waals surface area contributed by atoms with Crippen LogP contribution in [0.2, 0.25) is 0 Å². The Morgan fingerprint density at radius 1 is 0.941 bits per heavy atom. The highest BCUT2D eigenvalue weighted by Gasteiger charge is 2.52. The lowest BCUT2D eigenvalue weighted by atomic mass is 9.54. The molecule has 0 aromatic carbocycles. The zero-order chi connectivity index (χ0) is 11.3. The quantitative estimate of drug-likeness (QED) is 0.775. The van der Waals surface area contributed by atoms with Crippen molar-refractivity contribution in [2.24, 2.45) is 17.8 Å². The molecule has 4 saturated carbocycles. The minimum absolute atomic E-state index is 0.177. The third-order valence-electron chi connectivity index (χ3n) is 4.97. The summed E-state index contributed by atoms with van der Waals surface area (Å²) in [6.07, 6.45) is 12.0. The predicted molar refractivity (Wildman–Crippen MR) is 65.8 cm³/mol. The van der Waals surface area contributed by atoms with Crippen molar-refractivity contribution in [3.8, 4) is 5.75 Å². The molecule has 5 rings (SSSR count). The highest BCUT2D eigenvalue weighted by atomic mass is 16.5. The summed E-state index contributed by atoms with van der Waals surface area (Å²) in [7, 11) is 0. The fourth-order valence-electron chi connectivity index (χ4n) is 4.81. The van der Waals surface area contributed by atoms with E-state index in [-0.39, 0.29) is 5.60 Å². The lowest BCUT2D eigenvalue weighted by Crippen LogP contribution is -2.53. The van der Waals surface area contributed by atoms with Crippen molar-refractivity contribution >= 4 is 0 Å². The molecular formula is C15H19NO. The van der Waals surface area contributed by atoms with E-state index in [2.05, 4.69) is 4.98 Å². The molecule has 0 atom stereocenters. The van der Waals surface area contributed by atoms with Gasteiger partial charge in [0.25, 0.3) is 0 Å². The van der Waals surface area contributed by atoms with Crippen molar-refractivity contribution in [2.45, 2.75) is 44.1 Å². The van der Waals surface area contributed by atoms with E-state index in [4.69, 9.17) is 4.74 Å². The standard InChI is InChI=1S/C15H19NO/c1-3-16-4-2-14(1)17-15-8-11-5-12(9-15)7-13(6-11)10-15/h1-4,11-13H,5-10H2. The Kier molecular flexibility index (Phi) is 2.03. The van der Waals surface area contributed by atoms with Crippen molar-refractivity contribution in [1.29, 1.82) is 0 Å². The Balaban J connectivity index is 1.61. The Morgan fingerprint density at radius 3 is 2.00 bits per heavy atom. The van der Waals surface area contributed by atoms with Gasteiger partial charge in [-0.15, -0.1) is 0 Å². The minimum Gasteiger partial charge on any atom is -0.487 e. The maximum Gasteiger partial charge on any atom is 0.123 e. The molecule has 2 nitrogen and oxygen atoms in total. The average Bonchev–Trinajstić information content (AvgIpc) is 2.27. The largest absolute Gasteiger partial charge is 0.487 e. The third kappa shape index (κ3) is 1.65. The van der Waals surface area contributed by atoms with E-state index in [9.17, 15) is 0 Å². The van der Waals surface area contributed by atoms with Crippen LogP contribution in [0.4, 0.5) is 0 Å². The summed E-state index contributed by atoms with van der Waals surface area (Å²) in [6, 6.07) is 4.00. The molecule has 0 N–H and O–H groups in total. The molecule has 4 fully saturated rings. The molecule has 1 aromatic heterocycles. The van der Waals surface area contributed by atoms with Gasteiger partial charge in [-0.2, -0.15) is 0 Å². The van der Waals surface area contributed by atoms with Crippen molar-refractivity contribution in [1.82, 2.24) is 4.98 Å². The van der Waals surface area contributed by atoms with Crippen LogP contribution in [0.3, 0.4) is 0 Å². The zero-order valence-corrected chi connectivity index (χ0v) is 10.1. The van der Waals surface area contributed by atoms with Gasteiger partial charge in [0, 0.05) is 12.4 Å². The Labute approximate surface area is 102 Å². The number of hydrogen-bond acceptors (Lipinski definition) is 2. The van der Waals surface area contributed by atoms with Crippen molar-refractivity contribution in [3.63, 3.8) is 0 Å². The van der Waals surface area contributed by atoms with Gasteiger partial charge < -0.3 is 4.74 Å². The number of nitrogens with zero attached hydrogens (tertiary/aromatic N) is 1. The molecule has 0 unspecified atom stereocenters. The predicted octanol–water partition coefficient (Wildman–Crippen LogP) is 3.43. The SMILES string of the molecule is c1cc(OC23CC4CC(CC(C4)C2)C3)ccn1. The molecule has 0 aliphatic heterocycles. The maximum atomic E-state index is 6.37. The topological polar surface area (TPSA) is 22.1 Å². The molecule has 4 bridgehead atoms. The molecule has 1 heterocycles. The van der Waals surface area contributed by atoms with Crippen LogP contribution in [0.15, 0.2) is 24.5 Å². The van der Waals surface area contributed by atoms with Gasteiger partial charge in [-0.1, -0.05) is 0 Å². The van der Waals surface area contributed by atoms with E-state index < -0.39 is 0 Å². The highest BCUT2D eigenvalue weighted by Crippen LogP contribution is 2.56. The second-order valence-corrected chi connectivity index (χ2v) is 6.39. The van der Waals surface area contributed by atoms with Crippen molar-refractivity contribution in [2.75, 3.05) is 0 Å². The third-order valence-corrected chi connectivity index (χ3v) is 4.97. The first-order valence-corrected chi connectivity index (χ1v) is 6.90. The number of ether oxygens (including phenoxy) is 1. The molecule has 17 heavy (non-hydrogen) atoms. The first kappa shape index (κ1) is 9.93. The van der Waals surface area contributed by atoms with E-state index in [1.54, 1.807) is 0 Å². The second kappa shape index (κ2) is 3.47. The van der Waals surface area contributed by atoms with Crippen LogP contribution in [0.5, 0.6) is 5.75 Å². The number of pyridine rings is 1. The fraction of sp³-hybridized carbons (Fsp3) is 0.667. The van der Waals surface area contributed by atoms with Crippen LogP contribution in [-0.2, 0) is 0 Å². The van der Waals surface area contributed by atoms with E-state index in [0.717, 1.165) is 23.5 Å². The van der Waals surface area contributed by atoms with Crippen LogP contribution in [-0.4, -0.2) is 10.6 Å². The smallest absolute Gasteiger partial charge is 0.123 e. The summed E-state index contributed by atoms with van der Waals surface area (Å²) < 4.78 is 6.37.